The summed E-state index contributed by atoms with van der Waals surface area (Å²) in [5, 5.41) is 3.29. The molecule has 1 N–H and O–H groups in total. The van der Waals surface area contributed by atoms with Gasteiger partial charge in [-0.2, -0.15) is 0 Å². The minimum absolute atomic E-state index is 0.512. The number of furan rings is 1. The number of aryl methyl sites for hydroxylation is 1. The lowest BCUT2D eigenvalue weighted by molar-refractivity contribution is 0.0262. The van der Waals surface area contributed by atoms with Crippen LogP contribution in [0.2, 0.25) is 0 Å². The fourth-order valence-electron chi connectivity index (χ4n) is 1.70. The highest BCUT2D eigenvalue weighted by molar-refractivity contribution is 5.20. The summed E-state index contributed by atoms with van der Waals surface area (Å²) < 4.78 is 16.6. The van der Waals surface area contributed by atoms with Crippen molar-refractivity contribution in [3.63, 3.8) is 0 Å². The van der Waals surface area contributed by atoms with Gasteiger partial charge in [-0.25, -0.2) is 0 Å². The predicted molar refractivity (Wildman–Crippen MR) is 76.1 cm³/mol. The molecule has 0 unspecified atom stereocenters. The second-order valence-electron chi connectivity index (χ2n) is 5.10. The smallest absolute Gasteiger partial charge is 0.130 e. The van der Waals surface area contributed by atoms with Gasteiger partial charge in [0.15, 0.2) is 0 Å². The Balaban J connectivity index is 2.18. The summed E-state index contributed by atoms with van der Waals surface area (Å²) in [7, 11) is 0. The molecule has 0 atom stereocenters. The Kier molecular flexibility index (Phi) is 7.79. The Morgan fingerprint density at radius 2 is 2.00 bits per heavy atom. The highest BCUT2D eigenvalue weighted by Gasteiger charge is 2.06. The SMILES string of the molecule is CCNCc1cc(COCCOCC(C)C)oc1C. The molecule has 1 aromatic heterocycles. The van der Waals surface area contributed by atoms with Gasteiger partial charge in [0.25, 0.3) is 0 Å². The predicted octanol–water partition coefficient (Wildman–Crippen LogP) is 2.89. The second-order valence-corrected chi connectivity index (χ2v) is 5.10. The van der Waals surface area contributed by atoms with Crippen molar-refractivity contribution in [2.24, 2.45) is 5.92 Å². The Bertz CT molecular complexity index is 347. The molecule has 4 nitrogen and oxygen atoms in total. The molecule has 0 aromatic carbocycles. The standard InChI is InChI=1S/C15H27NO3/c1-5-16-9-14-8-15(19-13(14)4)11-18-7-6-17-10-12(2)3/h8,12,16H,5-7,9-11H2,1-4H3. The quantitative estimate of drug-likeness (QED) is 0.663. The average molecular weight is 269 g/mol. The van der Waals surface area contributed by atoms with Crippen molar-refractivity contribution in [1.29, 1.82) is 0 Å². The molecule has 0 radical (unpaired) electrons. The maximum atomic E-state index is 5.65. The van der Waals surface area contributed by atoms with Crippen LogP contribution in [-0.4, -0.2) is 26.4 Å². The Morgan fingerprint density at radius 1 is 1.26 bits per heavy atom. The van der Waals surface area contributed by atoms with E-state index in [1.165, 1.54) is 5.56 Å². The molecule has 0 saturated heterocycles. The summed E-state index contributed by atoms with van der Waals surface area (Å²) in [5.41, 5.74) is 1.21. The number of hydrogen-bond donors (Lipinski definition) is 1. The van der Waals surface area contributed by atoms with E-state index in [1.54, 1.807) is 0 Å². The van der Waals surface area contributed by atoms with E-state index in [2.05, 4.69) is 32.2 Å². The molecule has 0 fully saturated rings. The van der Waals surface area contributed by atoms with E-state index in [0.29, 0.717) is 25.7 Å². The maximum Gasteiger partial charge on any atom is 0.130 e. The molecule has 1 rings (SSSR count). The van der Waals surface area contributed by atoms with Gasteiger partial charge in [0.2, 0.25) is 0 Å². The minimum atomic E-state index is 0.512. The van der Waals surface area contributed by atoms with Gasteiger partial charge >= 0.3 is 0 Å². The fraction of sp³-hybridized carbons (Fsp3) is 0.733. The minimum Gasteiger partial charge on any atom is -0.464 e. The molecule has 0 spiro atoms. The molecular formula is C15H27NO3. The molecule has 110 valence electrons. The maximum absolute atomic E-state index is 5.65. The lowest BCUT2D eigenvalue weighted by atomic mass is 10.2. The number of ether oxygens (including phenoxy) is 2. The first-order chi connectivity index (χ1) is 9.13. The fourth-order valence-corrected chi connectivity index (χ4v) is 1.70. The van der Waals surface area contributed by atoms with Crippen LogP contribution in [0.3, 0.4) is 0 Å². The van der Waals surface area contributed by atoms with Crippen LogP contribution in [0.25, 0.3) is 0 Å². The average Bonchev–Trinajstić information content (AvgIpc) is 2.71. The Hall–Kier alpha value is -0.840. The molecule has 0 aliphatic carbocycles. The third-order valence-electron chi connectivity index (χ3n) is 2.70. The van der Waals surface area contributed by atoms with Gasteiger partial charge < -0.3 is 19.2 Å². The number of nitrogens with one attached hydrogen (secondary N) is 1. The zero-order chi connectivity index (χ0) is 14.1. The molecule has 0 saturated carbocycles. The zero-order valence-corrected chi connectivity index (χ0v) is 12.6. The summed E-state index contributed by atoms with van der Waals surface area (Å²) in [4.78, 5) is 0. The van der Waals surface area contributed by atoms with Crippen LogP contribution in [-0.2, 0) is 22.6 Å². The zero-order valence-electron chi connectivity index (χ0n) is 12.6. The van der Waals surface area contributed by atoms with Crippen molar-refractivity contribution in [3.05, 3.63) is 23.2 Å². The van der Waals surface area contributed by atoms with Crippen molar-refractivity contribution in [2.75, 3.05) is 26.4 Å². The highest BCUT2D eigenvalue weighted by Crippen LogP contribution is 2.15. The molecule has 19 heavy (non-hydrogen) atoms. The van der Waals surface area contributed by atoms with E-state index in [-0.39, 0.29) is 0 Å². The van der Waals surface area contributed by atoms with Gasteiger partial charge in [0, 0.05) is 18.7 Å². The lowest BCUT2D eigenvalue weighted by Gasteiger charge is -2.06. The highest BCUT2D eigenvalue weighted by atomic mass is 16.5. The van der Waals surface area contributed by atoms with Crippen molar-refractivity contribution < 1.29 is 13.9 Å². The lowest BCUT2D eigenvalue weighted by Crippen LogP contribution is -2.11. The van der Waals surface area contributed by atoms with Crippen molar-refractivity contribution in [3.8, 4) is 0 Å². The van der Waals surface area contributed by atoms with E-state index < -0.39 is 0 Å². The van der Waals surface area contributed by atoms with Crippen molar-refractivity contribution >= 4 is 0 Å². The molecule has 1 aromatic rings. The van der Waals surface area contributed by atoms with Crippen LogP contribution in [0.4, 0.5) is 0 Å². The molecule has 0 amide bonds. The largest absolute Gasteiger partial charge is 0.464 e. The first kappa shape index (κ1) is 16.2. The van der Waals surface area contributed by atoms with Gasteiger partial charge in [-0.1, -0.05) is 20.8 Å². The van der Waals surface area contributed by atoms with Crippen LogP contribution >= 0.6 is 0 Å². The summed E-state index contributed by atoms with van der Waals surface area (Å²) >= 11 is 0. The molecule has 0 aliphatic rings. The summed E-state index contributed by atoms with van der Waals surface area (Å²) in [6.45, 7) is 12.7. The van der Waals surface area contributed by atoms with Gasteiger partial charge in [0.1, 0.15) is 18.1 Å². The topological polar surface area (TPSA) is 43.6 Å². The summed E-state index contributed by atoms with van der Waals surface area (Å²) in [6.07, 6.45) is 0. The van der Waals surface area contributed by atoms with Crippen LogP contribution in [0.15, 0.2) is 10.5 Å². The monoisotopic (exact) mass is 269 g/mol. The van der Waals surface area contributed by atoms with Crippen molar-refractivity contribution in [2.45, 2.75) is 40.8 Å². The second kappa shape index (κ2) is 9.13. The van der Waals surface area contributed by atoms with Gasteiger partial charge in [-0.3, -0.25) is 0 Å². The van der Waals surface area contributed by atoms with Crippen LogP contribution in [0, 0.1) is 12.8 Å². The van der Waals surface area contributed by atoms with E-state index >= 15 is 0 Å². The van der Waals surface area contributed by atoms with Crippen LogP contribution < -0.4 is 5.32 Å². The summed E-state index contributed by atoms with van der Waals surface area (Å²) in [6, 6.07) is 2.06. The number of rotatable bonds is 10. The van der Waals surface area contributed by atoms with E-state index in [0.717, 1.165) is 31.2 Å². The van der Waals surface area contributed by atoms with Gasteiger partial charge in [0.05, 0.1) is 13.2 Å². The van der Waals surface area contributed by atoms with E-state index in [4.69, 9.17) is 13.9 Å². The summed E-state index contributed by atoms with van der Waals surface area (Å²) in [5.74, 6) is 2.42. The Morgan fingerprint density at radius 3 is 2.68 bits per heavy atom. The van der Waals surface area contributed by atoms with E-state index in [9.17, 15) is 0 Å². The normalized spacial score (nSPS) is 11.4. The first-order valence-corrected chi connectivity index (χ1v) is 7.07. The first-order valence-electron chi connectivity index (χ1n) is 7.07. The van der Waals surface area contributed by atoms with Crippen LogP contribution in [0.5, 0.6) is 0 Å². The van der Waals surface area contributed by atoms with Gasteiger partial charge in [-0.15, -0.1) is 0 Å². The van der Waals surface area contributed by atoms with Crippen LogP contribution in [0.1, 0.15) is 37.9 Å². The van der Waals surface area contributed by atoms with E-state index in [1.807, 2.05) is 6.92 Å². The number of hydrogen-bond acceptors (Lipinski definition) is 4. The third kappa shape index (κ3) is 6.76. The molecule has 0 bridgehead atoms. The molecular weight excluding hydrogens is 242 g/mol. The molecule has 1 heterocycles. The molecule has 0 aliphatic heterocycles. The molecule has 4 heteroatoms. The Labute approximate surface area is 116 Å². The van der Waals surface area contributed by atoms with Gasteiger partial charge in [-0.05, 0) is 25.5 Å². The van der Waals surface area contributed by atoms with Crippen molar-refractivity contribution in [1.82, 2.24) is 5.32 Å². The third-order valence-corrected chi connectivity index (χ3v) is 2.70.